The Morgan fingerprint density at radius 3 is 2.59 bits per heavy atom. The molecule has 1 heteroatoms. The molecule has 0 saturated heterocycles. The van der Waals surface area contributed by atoms with Crippen LogP contribution < -0.4 is 4.74 Å². The van der Waals surface area contributed by atoms with Gasteiger partial charge in [-0.2, -0.15) is 0 Å². The Hall–Kier alpha value is -2.02. The highest BCUT2D eigenvalue weighted by Crippen LogP contribution is 2.21. The fourth-order valence-electron chi connectivity index (χ4n) is 1.63. The Morgan fingerprint density at radius 1 is 1.12 bits per heavy atom. The van der Waals surface area contributed by atoms with Gasteiger partial charge in [-0.15, -0.1) is 0 Å². The first-order valence-corrected chi connectivity index (χ1v) is 5.69. The summed E-state index contributed by atoms with van der Waals surface area (Å²) in [7, 11) is 0. The number of aryl methyl sites for hydroxylation is 1. The van der Waals surface area contributed by atoms with Crippen LogP contribution in [-0.4, -0.2) is 0 Å². The van der Waals surface area contributed by atoms with Crippen LogP contribution in [0.5, 0.6) is 5.75 Å². The summed E-state index contributed by atoms with van der Waals surface area (Å²) in [6.45, 7) is 6.41. The van der Waals surface area contributed by atoms with Gasteiger partial charge in [0.2, 0.25) is 0 Å². The third kappa shape index (κ3) is 2.97. The number of hydrogen-bond donors (Lipinski definition) is 0. The number of benzene rings is 2. The van der Waals surface area contributed by atoms with Gasteiger partial charge in [-0.05, 0) is 29.7 Å². The van der Waals surface area contributed by atoms with Crippen molar-refractivity contribution in [1.29, 1.82) is 0 Å². The Balaban J connectivity index is 2.11. The normalized spacial score (nSPS) is 9.94. The SMILES string of the molecule is C=Cc1ccc(C)c(OCc2ccccc2)c1. The zero-order chi connectivity index (χ0) is 12.1. The third-order valence-corrected chi connectivity index (χ3v) is 2.69. The summed E-state index contributed by atoms with van der Waals surface area (Å²) in [5.74, 6) is 0.922. The van der Waals surface area contributed by atoms with Crippen LogP contribution in [0.2, 0.25) is 0 Å². The van der Waals surface area contributed by atoms with Gasteiger partial charge >= 0.3 is 0 Å². The standard InChI is InChI=1S/C16H16O/c1-3-14-10-9-13(2)16(11-14)17-12-15-7-5-4-6-8-15/h3-11H,1,12H2,2H3. The van der Waals surface area contributed by atoms with Crippen molar-refractivity contribution in [1.82, 2.24) is 0 Å². The van der Waals surface area contributed by atoms with Gasteiger partial charge in [0.25, 0.3) is 0 Å². The fraction of sp³-hybridized carbons (Fsp3) is 0.125. The van der Waals surface area contributed by atoms with E-state index in [-0.39, 0.29) is 0 Å². The molecule has 0 spiro atoms. The lowest BCUT2D eigenvalue weighted by Gasteiger charge is -2.10. The number of hydrogen-bond acceptors (Lipinski definition) is 1. The molecule has 0 saturated carbocycles. The smallest absolute Gasteiger partial charge is 0.123 e. The predicted octanol–water partition coefficient (Wildman–Crippen LogP) is 4.22. The highest BCUT2D eigenvalue weighted by molar-refractivity contribution is 5.51. The molecule has 0 aromatic heterocycles. The average molecular weight is 224 g/mol. The summed E-state index contributed by atoms with van der Waals surface area (Å²) < 4.78 is 5.82. The van der Waals surface area contributed by atoms with Gasteiger partial charge in [-0.3, -0.25) is 0 Å². The zero-order valence-electron chi connectivity index (χ0n) is 10.0. The van der Waals surface area contributed by atoms with Gasteiger partial charge in [-0.25, -0.2) is 0 Å². The molecular weight excluding hydrogens is 208 g/mol. The number of rotatable bonds is 4. The molecule has 0 aliphatic carbocycles. The van der Waals surface area contributed by atoms with Crippen molar-refractivity contribution in [2.24, 2.45) is 0 Å². The van der Waals surface area contributed by atoms with Gasteiger partial charge < -0.3 is 4.74 Å². The van der Waals surface area contributed by atoms with Crippen LogP contribution in [-0.2, 0) is 6.61 Å². The van der Waals surface area contributed by atoms with Crippen molar-refractivity contribution in [3.63, 3.8) is 0 Å². The van der Waals surface area contributed by atoms with E-state index in [1.165, 1.54) is 5.56 Å². The lowest BCUT2D eigenvalue weighted by Crippen LogP contribution is -1.96. The molecule has 2 aromatic carbocycles. The minimum atomic E-state index is 0.599. The first-order valence-electron chi connectivity index (χ1n) is 5.69. The second kappa shape index (κ2) is 5.35. The van der Waals surface area contributed by atoms with E-state index >= 15 is 0 Å². The molecule has 86 valence electrons. The van der Waals surface area contributed by atoms with Crippen molar-refractivity contribution in [2.45, 2.75) is 13.5 Å². The third-order valence-electron chi connectivity index (χ3n) is 2.69. The largest absolute Gasteiger partial charge is 0.489 e. The Bertz CT molecular complexity index is 500. The average Bonchev–Trinajstić information content (AvgIpc) is 2.39. The summed E-state index contributed by atoms with van der Waals surface area (Å²) in [6, 6.07) is 16.3. The van der Waals surface area contributed by atoms with Crippen LogP contribution in [0.1, 0.15) is 16.7 Å². The summed E-state index contributed by atoms with van der Waals surface area (Å²) in [4.78, 5) is 0. The summed E-state index contributed by atoms with van der Waals surface area (Å²) in [5, 5.41) is 0. The van der Waals surface area contributed by atoms with Gasteiger partial charge in [0.1, 0.15) is 12.4 Å². The Morgan fingerprint density at radius 2 is 1.88 bits per heavy atom. The summed E-state index contributed by atoms with van der Waals surface area (Å²) in [6.07, 6.45) is 1.83. The van der Waals surface area contributed by atoms with Gasteiger partial charge in [0.15, 0.2) is 0 Å². The molecule has 2 rings (SSSR count). The predicted molar refractivity (Wildman–Crippen MR) is 72.0 cm³/mol. The Kier molecular flexibility index (Phi) is 3.61. The summed E-state index contributed by atoms with van der Waals surface area (Å²) in [5.41, 5.74) is 3.40. The van der Waals surface area contributed by atoms with Gasteiger partial charge in [-0.1, -0.05) is 55.1 Å². The maximum Gasteiger partial charge on any atom is 0.123 e. The van der Waals surface area contributed by atoms with Crippen LogP contribution in [0, 0.1) is 6.92 Å². The maximum absolute atomic E-state index is 5.82. The van der Waals surface area contributed by atoms with E-state index in [0.29, 0.717) is 6.61 Å². The maximum atomic E-state index is 5.82. The zero-order valence-corrected chi connectivity index (χ0v) is 10.0. The van der Waals surface area contributed by atoms with E-state index < -0.39 is 0 Å². The van der Waals surface area contributed by atoms with Gasteiger partial charge in [0, 0.05) is 0 Å². The molecule has 0 fully saturated rings. The van der Waals surface area contributed by atoms with Crippen LogP contribution in [0.25, 0.3) is 6.08 Å². The molecule has 2 aromatic rings. The van der Waals surface area contributed by atoms with Crippen molar-refractivity contribution >= 4 is 6.08 Å². The first-order chi connectivity index (χ1) is 8.29. The van der Waals surface area contributed by atoms with E-state index in [1.807, 2.05) is 43.3 Å². The Labute approximate surface area is 102 Å². The molecule has 0 heterocycles. The molecular formula is C16H16O. The second-order valence-corrected chi connectivity index (χ2v) is 4.00. The molecule has 0 atom stereocenters. The molecule has 0 amide bonds. The molecule has 17 heavy (non-hydrogen) atoms. The summed E-state index contributed by atoms with van der Waals surface area (Å²) >= 11 is 0. The van der Waals surface area contributed by atoms with Gasteiger partial charge in [0.05, 0.1) is 0 Å². The quantitative estimate of drug-likeness (QED) is 0.755. The second-order valence-electron chi connectivity index (χ2n) is 4.00. The molecule has 0 aliphatic heterocycles. The van der Waals surface area contributed by atoms with Crippen molar-refractivity contribution in [3.05, 3.63) is 71.8 Å². The minimum Gasteiger partial charge on any atom is -0.489 e. The van der Waals surface area contributed by atoms with Crippen molar-refractivity contribution in [2.75, 3.05) is 0 Å². The van der Waals surface area contributed by atoms with Crippen LogP contribution in [0.15, 0.2) is 55.1 Å². The lowest BCUT2D eigenvalue weighted by atomic mass is 10.1. The molecule has 1 nitrogen and oxygen atoms in total. The van der Waals surface area contributed by atoms with Crippen LogP contribution in [0.4, 0.5) is 0 Å². The topological polar surface area (TPSA) is 9.23 Å². The van der Waals surface area contributed by atoms with Crippen molar-refractivity contribution in [3.8, 4) is 5.75 Å². The lowest BCUT2D eigenvalue weighted by molar-refractivity contribution is 0.304. The fourth-order valence-corrected chi connectivity index (χ4v) is 1.63. The highest BCUT2D eigenvalue weighted by Gasteiger charge is 2.00. The van der Waals surface area contributed by atoms with E-state index in [4.69, 9.17) is 4.74 Å². The van der Waals surface area contributed by atoms with Crippen LogP contribution in [0.3, 0.4) is 0 Å². The molecule has 0 bridgehead atoms. The molecule has 0 N–H and O–H groups in total. The molecule has 0 aliphatic rings. The first kappa shape index (κ1) is 11.5. The van der Waals surface area contributed by atoms with Crippen molar-refractivity contribution < 1.29 is 4.74 Å². The number of ether oxygens (including phenoxy) is 1. The monoisotopic (exact) mass is 224 g/mol. The molecule has 0 unspecified atom stereocenters. The van der Waals surface area contributed by atoms with E-state index in [9.17, 15) is 0 Å². The molecule has 0 radical (unpaired) electrons. The highest BCUT2D eigenvalue weighted by atomic mass is 16.5. The van der Waals surface area contributed by atoms with Crippen LogP contribution >= 0.6 is 0 Å². The van der Waals surface area contributed by atoms with E-state index in [1.54, 1.807) is 0 Å². The van der Waals surface area contributed by atoms with E-state index in [2.05, 4.69) is 24.8 Å². The van der Waals surface area contributed by atoms with E-state index in [0.717, 1.165) is 16.9 Å². The minimum absolute atomic E-state index is 0.599.